The average molecular weight is 625 g/mol. The van der Waals surface area contributed by atoms with E-state index in [0.717, 1.165) is 6.42 Å². The normalized spacial score (nSPS) is 16.9. The molecule has 0 amide bonds. The molecular formula is C18H26N2O10Pt. The predicted octanol–water partition coefficient (Wildman–Crippen LogP) is 0.504. The Hall–Kier alpha value is -2.72. The van der Waals surface area contributed by atoms with E-state index in [0.29, 0.717) is 12.8 Å². The maximum absolute atomic E-state index is 11.2. The Morgan fingerprint density at radius 2 is 1.26 bits per heavy atom. The van der Waals surface area contributed by atoms with Gasteiger partial charge in [-0.3, -0.25) is 14.9 Å². The molecule has 12 nitrogen and oxygen atoms in total. The molecule has 2 heterocycles. The Labute approximate surface area is 188 Å². The molecule has 0 bridgehead atoms. The van der Waals surface area contributed by atoms with Crippen molar-refractivity contribution in [2.75, 3.05) is 28.4 Å². The monoisotopic (exact) mass is 625 g/mol. The molecule has 1 saturated heterocycles. The summed E-state index contributed by atoms with van der Waals surface area (Å²) in [6.45, 7) is 0. The van der Waals surface area contributed by atoms with Gasteiger partial charge in [-0.05, 0) is 31.4 Å². The van der Waals surface area contributed by atoms with E-state index in [9.17, 15) is 19.2 Å². The van der Waals surface area contributed by atoms with Crippen molar-refractivity contribution in [3.63, 3.8) is 0 Å². The third kappa shape index (κ3) is 10.2. The zero-order valence-electron chi connectivity index (χ0n) is 17.4. The fourth-order valence-corrected chi connectivity index (χ4v) is 2.46. The van der Waals surface area contributed by atoms with Crippen molar-refractivity contribution in [3.05, 3.63) is 29.6 Å². The molecule has 2 atom stereocenters. The molecule has 0 radical (unpaired) electrons. The van der Waals surface area contributed by atoms with Crippen LogP contribution in [0.3, 0.4) is 0 Å². The number of ether oxygens (including phenoxy) is 4. The van der Waals surface area contributed by atoms with E-state index in [4.69, 9.17) is 6.80 Å². The summed E-state index contributed by atoms with van der Waals surface area (Å²) in [4.78, 5) is 48.2. The SMILES string of the molecule is COC(=O)[C@@H]1CCC[C@H](C(=O)OC)N1.COC(=O)c1cccc(C(=O)OC)n1.[HH].[O]=[Pt]=[O]. The number of nitrogens with one attached hydrogen (secondary N) is 1. The van der Waals surface area contributed by atoms with E-state index >= 15 is 0 Å². The fourth-order valence-electron chi connectivity index (χ4n) is 2.46. The van der Waals surface area contributed by atoms with Gasteiger partial charge in [-0.15, -0.1) is 0 Å². The molecule has 0 aromatic carbocycles. The summed E-state index contributed by atoms with van der Waals surface area (Å²) >= 11 is -1.92. The van der Waals surface area contributed by atoms with Crippen LogP contribution in [0.4, 0.5) is 0 Å². The first-order valence-corrected chi connectivity index (χ1v) is 10.5. The first-order valence-electron chi connectivity index (χ1n) is 8.69. The van der Waals surface area contributed by atoms with Crippen LogP contribution in [-0.4, -0.2) is 69.4 Å². The van der Waals surface area contributed by atoms with Crippen molar-refractivity contribution in [2.45, 2.75) is 31.3 Å². The van der Waals surface area contributed by atoms with Crippen molar-refractivity contribution < 1.29 is 64.8 Å². The van der Waals surface area contributed by atoms with Crippen LogP contribution in [0, 0.1) is 0 Å². The zero-order chi connectivity index (χ0) is 23.8. The van der Waals surface area contributed by atoms with E-state index in [1.807, 2.05) is 0 Å². The zero-order valence-corrected chi connectivity index (χ0v) is 19.6. The van der Waals surface area contributed by atoms with Gasteiger partial charge in [0.2, 0.25) is 0 Å². The van der Waals surface area contributed by atoms with Gasteiger partial charge in [0, 0.05) is 1.43 Å². The summed E-state index contributed by atoms with van der Waals surface area (Å²) in [5, 5.41) is 2.91. The molecule has 0 saturated carbocycles. The van der Waals surface area contributed by atoms with Crippen LogP contribution in [0.5, 0.6) is 0 Å². The summed E-state index contributed by atoms with van der Waals surface area (Å²) in [6, 6.07) is 3.69. The van der Waals surface area contributed by atoms with Crippen LogP contribution in [0.15, 0.2) is 18.2 Å². The van der Waals surface area contributed by atoms with Crippen molar-refractivity contribution in [1.82, 2.24) is 10.3 Å². The minimum atomic E-state index is -1.92. The molecule has 31 heavy (non-hydrogen) atoms. The van der Waals surface area contributed by atoms with E-state index in [2.05, 4.69) is 29.2 Å². The molecule has 1 N–H and O–H groups in total. The van der Waals surface area contributed by atoms with Crippen LogP contribution < -0.4 is 5.32 Å². The van der Waals surface area contributed by atoms with Gasteiger partial charge in [0.15, 0.2) is 0 Å². The predicted molar refractivity (Wildman–Crippen MR) is 99.0 cm³/mol. The molecule has 1 aromatic heterocycles. The minimum absolute atomic E-state index is 0. The standard InChI is InChI=1S/C9H15NO4.C9H9NO4.2O.Pt.H2/c2*1-13-8(11)6-4-3-5-7(10-6)9(12)14-2;;;;/h6-7,10H,3-5H2,1-2H3;3-5H,1-2H3;;;;1H/t6-,7+;;;;;. The number of nitrogens with zero attached hydrogens (tertiary/aromatic N) is 1. The molecule has 0 aliphatic carbocycles. The topological polar surface area (TPSA) is 164 Å². The van der Waals surface area contributed by atoms with Crippen LogP contribution >= 0.6 is 0 Å². The molecule has 0 spiro atoms. The van der Waals surface area contributed by atoms with E-state index in [-0.39, 0.29) is 36.8 Å². The van der Waals surface area contributed by atoms with E-state index < -0.39 is 30.4 Å². The van der Waals surface area contributed by atoms with Gasteiger partial charge in [-0.1, -0.05) is 6.07 Å². The Kier molecular flexibility index (Phi) is 14.6. The number of methoxy groups -OCH3 is 4. The van der Waals surface area contributed by atoms with Crippen LogP contribution in [0.1, 0.15) is 41.7 Å². The molecular weight excluding hydrogens is 599 g/mol. The number of carbonyl (C=O) groups is 4. The van der Waals surface area contributed by atoms with Gasteiger partial charge in [-0.2, -0.15) is 0 Å². The summed E-state index contributed by atoms with van der Waals surface area (Å²) in [6.07, 6.45) is 2.24. The third-order valence-corrected chi connectivity index (χ3v) is 3.90. The first-order chi connectivity index (χ1) is 14.8. The average Bonchev–Trinajstić information content (AvgIpc) is 2.82. The molecule has 1 aliphatic rings. The molecule has 1 aliphatic heterocycles. The van der Waals surface area contributed by atoms with Crippen molar-refractivity contribution in [2.24, 2.45) is 0 Å². The number of rotatable bonds is 4. The summed E-state index contributed by atoms with van der Waals surface area (Å²) in [5.74, 6) is -1.82. The number of hydrogen-bond donors (Lipinski definition) is 1. The van der Waals surface area contributed by atoms with Crippen LogP contribution in [0.25, 0.3) is 0 Å². The number of esters is 4. The number of hydrogen-bond acceptors (Lipinski definition) is 12. The second kappa shape index (κ2) is 16.0. The molecule has 0 unspecified atom stereocenters. The first kappa shape index (κ1) is 28.3. The molecule has 13 heteroatoms. The van der Waals surface area contributed by atoms with Crippen molar-refractivity contribution in [1.29, 1.82) is 0 Å². The Bertz CT molecular complexity index is 748. The number of piperidine rings is 1. The van der Waals surface area contributed by atoms with E-state index in [1.165, 1.54) is 46.6 Å². The number of pyridine rings is 1. The Balaban J connectivity index is 0. The van der Waals surface area contributed by atoms with E-state index in [1.54, 1.807) is 0 Å². The van der Waals surface area contributed by atoms with Crippen LogP contribution in [-0.2, 0) is 53.8 Å². The maximum atomic E-state index is 11.2. The summed E-state index contributed by atoms with van der Waals surface area (Å²) < 4.78 is 35.1. The molecule has 2 rings (SSSR count). The molecule has 1 fully saturated rings. The summed E-state index contributed by atoms with van der Waals surface area (Å²) in [7, 11) is 5.17. The molecule has 1 aromatic rings. The quantitative estimate of drug-likeness (QED) is 0.365. The number of aromatic nitrogens is 1. The van der Waals surface area contributed by atoms with Crippen molar-refractivity contribution >= 4 is 23.9 Å². The summed E-state index contributed by atoms with van der Waals surface area (Å²) in [5.41, 5.74) is 0.158. The second-order valence-corrected chi connectivity index (χ2v) is 6.07. The fraction of sp³-hybridized carbons (Fsp3) is 0.500. The van der Waals surface area contributed by atoms with Gasteiger partial charge in [0.25, 0.3) is 0 Å². The Morgan fingerprint density at radius 1 is 0.871 bits per heavy atom. The molecule has 178 valence electrons. The van der Waals surface area contributed by atoms with Gasteiger partial charge in [0.05, 0.1) is 28.4 Å². The van der Waals surface area contributed by atoms with Crippen molar-refractivity contribution in [3.8, 4) is 0 Å². The van der Waals surface area contributed by atoms with Gasteiger partial charge in [0.1, 0.15) is 23.5 Å². The van der Waals surface area contributed by atoms with Gasteiger partial charge < -0.3 is 18.9 Å². The van der Waals surface area contributed by atoms with Gasteiger partial charge in [-0.25, -0.2) is 14.6 Å². The van der Waals surface area contributed by atoms with Gasteiger partial charge >= 0.3 is 49.2 Å². The number of carbonyl (C=O) groups excluding carboxylic acids is 4. The van der Waals surface area contributed by atoms with Crippen LogP contribution in [0.2, 0.25) is 0 Å². The third-order valence-electron chi connectivity index (χ3n) is 3.90. The second-order valence-electron chi connectivity index (χ2n) is 5.69. The Morgan fingerprint density at radius 3 is 1.58 bits per heavy atom.